The summed E-state index contributed by atoms with van der Waals surface area (Å²) >= 11 is 1.34. The van der Waals surface area contributed by atoms with E-state index in [1.807, 2.05) is 32.0 Å². The van der Waals surface area contributed by atoms with Gasteiger partial charge in [0.05, 0.1) is 16.0 Å². The topological polar surface area (TPSA) is 76.1 Å². The summed E-state index contributed by atoms with van der Waals surface area (Å²) in [5.74, 6) is -1.28. The van der Waals surface area contributed by atoms with Crippen molar-refractivity contribution in [3.05, 3.63) is 59.2 Å². The van der Waals surface area contributed by atoms with Crippen LogP contribution in [0.2, 0.25) is 0 Å². The molecule has 0 spiro atoms. The summed E-state index contributed by atoms with van der Waals surface area (Å²) in [6.45, 7) is 4.02. The Balaban J connectivity index is 1.70. The van der Waals surface area contributed by atoms with Crippen LogP contribution in [0.15, 0.2) is 42.5 Å². The highest BCUT2D eigenvalue weighted by atomic mass is 32.2. The third-order valence-corrected chi connectivity index (χ3v) is 6.24. The highest BCUT2D eigenvalue weighted by molar-refractivity contribution is 7.91. The monoisotopic (exact) mass is 374 g/mol. The van der Waals surface area contributed by atoms with Crippen molar-refractivity contribution in [2.75, 3.05) is 11.1 Å². The summed E-state index contributed by atoms with van der Waals surface area (Å²) in [5.41, 5.74) is 3.75. The minimum Gasteiger partial charge on any atom is -0.301 e. The molecule has 0 unspecified atom stereocenters. The molecule has 7 heteroatoms. The molecule has 0 saturated heterocycles. The molecule has 0 aliphatic carbocycles. The molecule has 3 aromatic rings. The summed E-state index contributed by atoms with van der Waals surface area (Å²) < 4.78 is 25.3. The normalized spacial score (nSPS) is 11.6. The minimum atomic E-state index is -3.53. The number of thiazole rings is 1. The molecule has 0 aliphatic heterocycles. The van der Waals surface area contributed by atoms with Crippen LogP contribution < -0.4 is 5.32 Å². The predicted molar refractivity (Wildman–Crippen MR) is 102 cm³/mol. The van der Waals surface area contributed by atoms with Crippen LogP contribution in [0.4, 0.5) is 5.13 Å². The number of amides is 1. The smallest absolute Gasteiger partial charge is 0.241 e. The number of aryl methyl sites for hydroxylation is 2. The minimum absolute atomic E-state index is 0.153. The number of anilines is 1. The first-order valence-corrected chi connectivity index (χ1v) is 10.4. The van der Waals surface area contributed by atoms with Crippen molar-refractivity contribution < 1.29 is 13.2 Å². The van der Waals surface area contributed by atoms with E-state index in [-0.39, 0.29) is 5.75 Å². The predicted octanol–water partition coefficient (Wildman–Crippen LogP) is 3.47. The van der Waals surface area contributed by atoms with E-state index in [1.54, 1.807) is 24.3 Å². The number of hydrogen-bond donors (Lipinski definition) is 1. The zero-order valence-corrected chi connectivity index (χ0v) is 15.6. The first-order valence-electron chi connectivity index (χ1n) is 7.74. The number of benzene rings is 2. The van der Waals surface area contributed by atoms with Crippen molar-refractivity contribution in [3.8, 4) is 0 Å². The highest BCUT2D eigenvalue weighted by Crippen LogP contribution is 2.28. The van der Waals surface area contributed by atoms with Crippen LogP contribution in [0.5, 0.6) is 0 Å². The van der Waals surface area contributed by atoms with Gasteiger partial charge in [-0.05, 0) is 42.7 Å². The summed E-state index contributed by atoms with van der Waals surface area (Å²) in [6, 6.07) is 12.8. The molecule has 5 nitrogen and oxygen atoms in total. The molecule has 1 aromatic heterocycles. The Morgan fingerprint density at radius 3 is 2.52 bits per heavy atom. The molecule has 25 heavy (non-hydrogen) atoms. The van der Waals surface area contributed by atoms with Gasteiger partial charge in [0.25, 0.3) is 0 Å². The lowest BCUT2D eigenvalue weighted by atomic mass is 10.1. The molecule has 0 atom stereocenters. The first-order chi connectivity index (χ1) is 11.8. The van der Waals surface area contributed by atoms with Gasteiger partial charge in [0.15, 0.2) is 15.0 Å². The van der Waals surface area contributed by atoms with E-state index in [1.165, 1.54) is 11.3 Å². The van der Waals surface area contributed by atoms with E-state index in [0.29, 0.717) is 10.7 Å². The summed E-state index contributed by atoms with van der Waals surface area (Å²) in [5, 5.41) is 3.02. The molecule has 3 rings (SSSR count). The van der Waals surface area contributed by atoms with Crippen LogP contribution in [0.1, 0.15) is 16.7 Å². The third-order valence-electron chi connectivity index (χ3n) is 3.83. The number of sulfone groups is 1. The van der Waals surface area contributed by atoms with Gasteiger partial charge in [-0.25, -0.2) is 13.4 Å². The van der Waals surface area contributed by atoms with Gasteiger partial charge in [0.1, 0.15) is 5.75 Å². The summed E-state index contributed by atoms with van der Waals surface area (Å²) in [7, 11) is -3.53. The van der Waals surface area contributed by atoms with Crippen molar-refractivity contribution in [1.29, 1.82) is 0 Å². The number of aromatic nitrogens is 1. The van der Waals surface area contributed by atoms with Gasteiger partial charge in [-0.3, -0.25) is 4.79 Å². The van der Waals surface area contributed by atoms with Crippen molar-refractivity contribution in [3.63, 3.8) is 0 Å². The Kier molecular flexibility index (Phi) is 4.87. The SMILES string of the molecule is Cc1cc2nc(NC(=O)CS(=O)(=O)Cc3ccccc3)sc2cc1C. The Morgan fingerprint density at radius 1 is 1.12 bits per heavy atom. The van der Waals surface area contributed by atoms with Crippen molar-refractivity contribution in [2.24, 2.45) is 0 Å². The Hall–Kier alpha value is -2.25. The van der Waals surface area contributed by atoms with Gasteiger partial charge in [-0.2, -0.15) is 0 Å². The zero-order valence-electron chi connectivity index (χ0n) is 13.9. The molecule has 1 N–H and O–H groups in total. The molecule has 1 amide bonds. The van der Waals surface area contributed by atoms with Crippen LogP contribution in [0, 0.1) is 13.8 Å². The van der Waals surface area contributed by atoms with Crippen LogP contribution in [0.3, 0.4) is 0 Å². The molecule has 2 aromatic carbocycles. The quantitative estimate of drug-likeness (QED) is 0.742. The first kappa shape index (κ1) is 17.6. The van der Waals surface area contributed by atoms with E-state index >= 15 is 0 Å². The number of nitrogens with one attached hydrogen (secondary N) is 1. The van der Waals surface area contributed by atoms with Crippen LogP contribution >= 0.6 is 11.3 Å². The van der Waals surface area contributed by atoms with Crippen molar-refractivity contribution in [2.45, 2.75) is 19.6 Å². The molecule has 0 fully saturated rings. The second-order valence-corrected chi connectivity index (χ2v) is 9.08. The van der Waals surface area contributed by atoms with Crippen molar-refractivity contribution in [1.82, 2.24) is 4.98 Å². The van der Waals surface area contributed by atoms with E-state index < -0.39 is 21.5 Å². The standard InChI is InChI=1S/C18H18N2O3S2/c1-12-8-15-16(9-13(12)2)24-18(19-15)20-17(21)11-25(22,23)10-14-6-4-3-5-7-14/h3-9H,10-11H2,1-2H3,(H,19,20,21). The summed E-state index contributed by atoms with van der Waals surface area (Å²) in [4.78, 5) is 16.5. The molecule has 0 aliphatic rings. The Morgan fingerprint density at radius 2 is 1.80 bits per heavy atom. The fourth-order valence-corrected chi connectivity index (χ4v) is 4.70. The van der Waals surface area contributed by atoms with E-state index in [4.69, 9.17) is 0 Å². The molecule has 0 saturated carbocycles. The number of fused-ring (bicyclic) bond motifs is 1. The van der Waals surface area contributed by atoms with E-state index in [9.17, 15) is 13.2 Å². The lowest BCUT2D eigenvalue weighted by Gasteiger charge is -2.04. The third kappa shape index (κ3) is 4.43. The van der Waals surface area contributed by atoms with E-state index in [0.717, 1.165) is 21.3 Å². The second kappa shape index (κ2) is 6.93. The molecule has 130 valence electrons. The number of carbonyl (C=O) groups is 1. The lowest BCUT2D eigenvalue weighted by molar-refractivity contribution is -0.113. The largest absolute Gasteiger partial charge is 0.301 e. The van der Waals surface area contributed by atoms with Gasteiger partial charge in [0.2, 0.25) is 5.91 Å². The summed E-state index contributed by atoms with van der Waals surface area (Å²) in [6.07, 6.45) is 0. The maximum atomic E-state index is 12.2. The number of rotatable bonds is 5. The van der Waals surface area contributed by atoms with Gasteiger partial charge >= 0.3 is 0 Å². The molecule has 0 bridgehead atoms. The fraction of sp³-hybridized carbons (Fsp3) is 0.222. The highest BCUT2D eigenvalue weighted by Gasteiger charge is 2.18. The van der Waals surface area contributed by atoms with E-state index in [2.05, 4.69) is 10.3 Å². The van der Waals surface area contributed by atoms with Crippen molar-refractivity contribution >= 4 is 42.4 Å². The average molecular weight is 374 g/mol. The van der Waals surface area contributed by atoms with Crippen LogP contribution in [-0.2, 0) is 20.4 Å². The zero-order chi connectivity index (χ0) is 18.0. The second-order valence-electron chi connectivity index (χ2n) is 5.99. The average Bonchev–Trinajstić information content (AvgIpc) is 2.88. The maximum absolute atomic E-state index is 12.2. The fourth-order valence-electron chi connectivity index (χ4n) is 2.47. The van der Waals surface area contributed by atoms with Gasteiger partial charge < -0.3 is 5.32 Å². The number of nitrogens with zero attached hydrogens (tertiary/aromatic N) is 1. The maximum Gasteiger partial charge on any atom is 0.241 e. The molecular formula is C18H18N2O3S2. The van der Waals surface area contributed by atoms with Gasteiger partial charge in [-0.15, -0.1) is 0 Å². The number of carbonyl (C=O) groups excluding carboxylic acids is 1. The van der Waals surface area contributed by atoms with Crippen LogP contribution in [-0.4, -0.2) is 25.1 Å². The number of hydrogen-bond acceptors (Lipinski definition) is 5. The Labute approximate surface area is 150 Å². The van der Waals surface area contributed by atoms with Gasteiger partial charge in [0, 0.05) is 0 Å². The molecule has 0 radical (unpaired) electrons. The molecular weight excluding hydrogens is 356 g/mol. The van der Waals surface area contributed by atoms with Crippen LogP contribution in [0.25, 0.3) is 10.2 Å². The van der Waals surface area contributed by atoms with Gasteiger partial charge in [-0.1, -0.05) is 41.7 Å². The Bertz CT molecular complexity index is 986. The molecule has 1 heterocycles. The lowest BCUT2D eigenvalue weighted by Crippen LogP contribution is -2.23.